The van der Waals surface area contributed by atoms with Crippen LogP contribution in [0.5, 0.6) is 11.5 Å². The highest BCUT2D eigenvalue weighted by atomic mass is 32.2. The summed E-state index contributed by atoms with van der Waals surface area (Å²) in [4.78, 5) is 12.7. The Bertz CT molecular complexity index is 1130. The van der Waals surface area contributed by atoms with Gasteiger partial charge in [0.2, 0.25) is 22.7 Å². The van der Waals surface area contributed by atoms with E-state index in [9.17, 15) is 13.2 Å². The monoisotopic (exact) mass is 474 g/mol. The Morgan fingerprint density at radius 3 is 2.52 bits per heavy atom. The van der Waals surface area contributed by atoms with Crippen LogP contribution in [0.3, 0.4) is 0 Å². The average Bonchev–Trinajstić information content (AvgIpc) is 3.28. The SMILES string of the molecule is Cc1ccc(S(=O)(=O)NCCC(=O)NCC2(c3ccc4c(c3)OCO4)CCOCC2)cc1C. The summed E-state index contributed by atoms with van der Waals surface area (Å²) in [7, 11) is -3.66. The van der Waals surface area contributed by atoms with Crippen LogP contribution in [0.1, 0.15) is 36.0 Å². The van der Waals surface area contributed by atoms with Gasteiger partial charge in [-0.3, -0.25) is 4.79 Å². The molecular formula is C24H30N2O6S. The summed E-state index contributed by atoms with van der Waals surface area (Å²) in [5.41, 5.74) is 2.73. The van der Waals surface area contributed by atoms with Crippen LogP contribution in [-0.4, -0.2) is 47.4 Å². The molecule has 9 heteroatoms. The van der Waals surface area contributed by atoms with Crippen LogP contribution in [0.15, 0.2) is 41.3 Å². The van der Waals surface area contributed by atoms with E-state index in [1.807, 2.05) is 32.0 Å². The van der Waals surface area contributed by atoms with Gasteiger partial charge in [-0.1, -0.05) is 12.1 Å². The fourth-order valence-corrected chi connectivity index (χ4v) is 5.29. The van der Waals surface area contributed by atoms with Crippen molar-refractivity contribution in [3.63, 3.8) is 0 Å². The lowest BCUT2D eigenvalue weighted by Gasteiger charge is -2.38. The molecule has 2 aliphatic rings. The number of nitrogens with one attached hydrogen (secondary N) is 2. The highest BCUT2D eigenvalue weighted by Gasteiger charge is 2.36. The lowest BCUT2D eigenvalue weighted by Crippen LogP contribution is -2.45. The number of ether oxygens (including phenoxy) is 3. The van der Waals surface area contributed by atoms with Gasteiger partial charge in [0.15, 0.2) is 11.5 Å². The van der Waals surface area contributed by atoms with Gasteiger partial charge in [0.25, 0.3) is 0 Å². The van der Waals surface area contributed by atoms with E-state index in [0.29, 0.717) is 25.5 Å². The van der Waals surface area contributed by atoms with Gasteiger partial charge >= 0.3 is 0 Å². The Morgan fingerprint density at radius 2 is 1.76 bits per heavy atom. The third-order valence-corrected chi connectivity index (χ3v) is 7.95. The van der Waals surface area contributed by atoms with E-state index in [4.69, 9.17) is 14.2 Å². The maximum absolute atomic E-state index is 12.5. The minimum Gasteiger partial charge on any atom is -0.454 e. The summed E-state index contributed by atoms with van der Waals surface area (Å²) < 4.78 is 44.1. The number of hydrogen-bond acceptors (Lipinski definition) is 6. The predicted molar refractivity (Wildman–Crippen MR) is 123 cm³/mol. The third-order valence-electron chi connectivity index (χ3n) is 6.49. The zero-order valence-corrected chi connectivity index (χ0v) is 19.8. The first-order valence-electron chi connectivity index (χ1n) is 11.1. The summed E-state index contributed by atoms with van der Waals surface area (Å²) in [6, 6.07) is 10.9. The largest absolute Gasteiger partial charge is 0.454 e. The van der Waals surface area contributed by atoms with Crippen LogP contribution in [0.4, 0.5) is 0 Å². The second-order valence-electron chi connectivity index (χ2n) is 8.63. The van der Waals surface area contributed by atoms with Gasteiger partial charge in [-0.05, 0) is 67.6 Å². The Morgan fingerprint density at radius 1 is 1.00 bits per heavy atom. The van der Waals surface area contributed by atoms with Crippen LogP contribution < -0.4 is 19.5 Å². The van der Waals surface area contributed by atoms with E-state index < -0.39 is 10.0 Å². The van der Waals surface area contributed by atoms with Gasteiger partial charge in [0.05, 0.1) is 4.90 Å². The molecule has 2 aromatic rings. The zero-order valence-electron chi connectivity index (χ0n) is 19.0. The molecule has 2 N–H and O–H groups in total. The van der Waals surface area contributed by atoms with Crippen LogP contribution in [0.25, 0.3) is 0 Å². The molecule has 0 saturated carbocycles. The molecule has 0 aromatic heterocycles. The molecule has 33 heavy (non-hydrogen) atoms. The molecule has 1 amide bonds. The van der Waals surface area contributed by atoms with Gasteiger partial charge < -0.3 is 19.5 Å². The lowest BCUT2D eigenvalue weighted by atomic mass is 9.74. The minimum absolute atomic E-state index is 0.0290. The van der Waals surface area contributed by atoms with E-state index in [1.54, 1.807) is 18.2 Å². The zero-order chi connectivity index (χ0) is 23.5. The molecule has 0 aliphatic carbocycles. The molecule has 0 bridgehead atoms. The number of carbonyl (C=O) groups excluding carboxylic acids is 1. The van der Waals surface area contributed by atoms with Crippen LogP contribution in [0, 0.1) is 13.8 Å². The van der Waals surface area contributed by atoms with Gasteiger partial charge in [0.1, 0.15) is 0 Å². The molecule has 1 fully saturated rings. The van der Waals surface area contributed by atoms with Crippen molar-refractivity contribution in [2.45, 2.75) is 43.4 Å². The number of hydrogen-bond donors (Lipinski definition) is 2. The van der Waals surface area contributed by atoms with Crippen molar-refractivity contribution >= 4 is 15.9 Å². The third kappa shape index (κ3) is 5.31. The molecular weight excluding hydrogens is 444 g/mol. The van der Waals surface area contributed by atoms with Crippen molar-refractivity contribution in [2.24, 2.45) is 0 Å². The first kappa shape index (κ1) is 23.5. The summed E-state index contributed by atoms with van der Waals surface area (Å²) in [5.74, 6) is 1.23. The molecule has 178 valence electrons. The molecule has 2 aromatic carbocycles. The first-order valence-corrected chi connectivity index (χ1v) is 12.6. The van der Waals surface area contributed by atoms with E-state index in [-0.39, 0.29) is 36.0 Å². The molecule has 0 unspecified atom stereocenters. The van der Waals surface area contributed by atoms with E-state index in [2.05, 4.69) is 10.0 Å². The minimum atomic E-state index is -3.66. The maximum Gasteiger partial charge on any atom is 0.240 e. The fourth-order valence-electron chi connectivity index (χ4n) is 4.18. The number of aryl methyl sites for hydroxylation is 2. The number of benzene rings is 2. The summed E-state index contributed by atoms with van der Waals surface area (Å²) >= 11 is 0. The molecule has 0 atom stereocenters. The summed E-state index contributed by atoms with van der Waals surface area (Å²) in [5, 5.41) is 3.00. The van der Waals surface area contributed by atoms with Gasteiger partial charge in [-0.2, -0.15) is 0 Å². The molecule has 4 rings (SSSR count). The smallest absolute Gasteiger partial charge is 0.240 e. The van der Waals surface area contributed by atoms with Crippen LogP contribution >= 0.6 is 0 Å². The number of sulfonamides is 1. The Labute approximate surface area is 194 Å². The average molecular weight is 475 g/mol. The standard InChI is InChI=1S/C24H30N2O6S/c1-17-3-5-20(13-18(17)2)33(28,29)26-10-7-23(27)25-15-24(8-11-30-12-9-24)19-4-6-21-22(14-19)32-16-31-21/h3-6,13-14,26H,7-12,15-16H2,1-2H3,(H,25,27). The van der Waals surface area contributed by atoms with Crippen LogP contribution in [-0.2, 0) is 25.0 Å². The highest BCUT2D eigenvalue weighted by Crippen LogP contribution is 2.40. The molecule has 2 heterocycles. The number of carbonyl (C=O) groups is 1. The number of amides is 1. The second kappa shape index (κ2) is 9.70. The van der Waals surface area contributed by atoms with Gasteiger partial charge in [0, 0.05) is 38.1 Å². The number of rotatable bonds is 8. The normalized spacial score (nSPS) is 17.0. The summed E-state index contributed by atoms with van der Waals surface area (Å²) in [6.07, 6.45) is 1.59. The summed E-state index contributed by atoms with van der Waals surface area (Å²) in [6.45, 7) is 5.70. The lowest BCUT2D eigenvalue weighted by molar-refractivity contribution is -0.121. The maximum atomic E-state index is 12.5. The van der Waals surface area contributed by atoms with Gasteiger partial charge in [-0.15, -0.1) is 0 Å². The first-order chi connectivity index (χ1) is 15.8. The van der Waals surface area contributed by atoms with Crippen molar-refractivity contribution in [1.29, 1.82) is 0 Å². The quantitative estimate of drug-likeness (QED) is 0.610. The Kier molecular flexibility index (Phi) is 6.92. The Balaban J connectivity index is 1.35. The molecule has 1 saturated heterocycles. The predicted octanol–water partition coefficient (Wildman–Crippen LogP) is 2.57. The van der Waals surface area contributed by atoms with Crippen molar-refractivity contribution in [1.82, 2.24) is 10.0 Å². The van der Waals surface area contributed by atoms with Crippen molar-refractivity contribution in [3.05, 3.63) is 53.1 Å². The van der Waals surface area contributed by atoms with Crippen LogP contribution in [0.2, 0.25) is 0 Å². The van der Waals surface area contributed by atoms with Crippen molar-refractivity contribution in [3.8, 4) is 11.5 Å². The number of fused-ring (bicyclic) bond motifs is 1. The van der Waals surface area contributed by atoms with Gasteiger partial charge in [-0.25, -0.2) is 13.1 Å². The molecule has 0 spiro atoms. The highest BCUT2D eigenvalue weighted by molar-refractivity contribution is 7.89. The topological polar surface area (TPSA) is 103 Å². The Hall–Kier alpha value is -2.62. The molecule has 8 nitrogen and oxygen atoms in total. The van der Waals surface area contributed by atoms with Crippen molar-refractivity contribution in [2.75, 3.05) is 33.1 Å². The fraction of sp³-hybridized carbons (Fsp3) is 0.458. The van der Waals surface area contributed by atoms with E-state index in [1.165, 1.54) is 0 Å². The van der Waals surface area contributed by atoms with E-state index in [0.717, 1.165) is 35.3 Å². The molecule has 0 radical (unpaired) electrons. The molecule has 2 aliphatic heterocycles. The van der Waals surface area contributed by atoms with Crippen molar-refractivity contribution < 1.29 is 27.4 Å². The van der Waals surface area contributed by atoms with E-state index >= 15 is 0 Å². The second-order valence-corrected chi connectivity index (χ2v) is 10.4.